The molecular weight excluding hydrogens is 851 g/mol. The van der Waals surface area contributed by atoms with Gasteiger partial charge in [-0.15, -0.1) is 0 Å². The van der Waals surface area contributed by atoms with Gasteiger partial charge in [-0.05, 0) is 135 Å². The van der Waals surface area contributed by atoms with Crippen molar-refractivity contribution < 1.29 is 0 Å². The lowest BCUT2D eigenvalue weighted by Gasteiger charge is -2.31. The zero-order valence-electron chi connectivity index (χ0n) is 38.9. The number of para-hydroxylation sites is 3. The molecule has 0 unspecified atom stereocenters. The largest absolute Gasteiger partial charge is 0.309 e. The fraction of sp³-hybridized carbons (Fsp3) is 0.0769. The van der Waals surface area contributed by atoms with E-state index in [1.807, 2.05) is 36.4 Å². The Hall–Kier alpha value is -9.16. The third-order valence-electron chi connectivity index (χ3n) is 14.8. The van der Waals surface area contributed by atoms with E-state index in [4.69, 9.17) is 0 Å². The number of hydrogen-bond acceptors (Lipinski definition) is 4. The van der Waals surface area contributed by atoms with Gasteiger partial charge in [-0.25, -0.2) is 0 Å². The average Bonchev–Trinajstić information content (AvgIpc) is 3.87. The van der Waals surface area contributed by atoms with E-state index in [-0.39, 0.29) is 0 Å². The van der Waals surface area contributed by atoms with Crippen LogP contribution in [-0.2, 0) is 11.8 Å². The van der Waals surface area contributed by atoms with Gasteiger partial charge in [0, 0.05) is 38.8 Å². The van der Waals surface area contributed by atoms with E-state index in [1.54, 1.807) is 0 Å². The highest BCUT2D eigenvalue weighted by molar-refractivity contribution is 6.21. The minimum Gasteiger partial charge on any atom is -0.309 e. The van der Waals surface area contributed by atoms with Crippen LogP contribution in [0.25, 0.3) is 66.2 Å². The minimum atomic E-state index is -0.424. The molecule has 0 saturated carbocycles. The quantitative estimate of drug-likeness (QED) is 0.160. The first-order valence-electron chi connectivity index (χ1n) is 24.0. The molecule has 0 N–H and O–H groups in total. The zero-order chi connectivity index (χ0) is 47.1. The van der Waals surface area contributed by atoms with Gasteiger partial charge in [-0.2, -0.15) is 10.5 Å². The van der Waals surface area contributed by atoms with Crippen molar-refractivity contribution in [2.75, 3.05) is 9.80 Å². The predicted octanol–water partition coefficient (Wildman–Crippen LogP) is 17.0. The summed E-state index contributed by atoms with van der Waals surface area (Å²) in [6, 6.07) is 75.8. The van der Waals surface area contributed by atoms with E-state index in [1.165, 1.54) is 44.2 Å². The molecule has 0 fully saturated rings. The van der Waals surface area contributed by atoms with Crippen molar-refractivity contribution in [3.63, 3.8) is 0 Å². The van der Waals surface area contributed by atoms with Crippen molar-refractivity contribution >= 4 is 83.6 Å². The summed E-state index contributed by atoms with van der Waals surface area (Å²) in [6.07, 6.45) is 6.41. The molecular formula is C65H45N5. The smallest absolute Gasteiger partial charge is 0.101 e. The third-order valence-corrected chi connectivity index (χ3v) is 14.8. The summed E-state index contributed by atoms with van der Waals surface area (Å²) >= 11 is 0. The highest BCUT2D eigenvalue weighted by Crippen LogP contribution is 2.60. The third kappa shape index (κ3) is 6.15. The highest BCUT2D eigenvalue weighted by Gasteiger charge is 2.42. The number of anilines is 6. The summed E-state index contributed by atoms with van der Waals surface area (Å²) in [5, 5.41) is 28.6. The summed E-state index contributed by atoms with van der Waals surface area (Å²) in [5.74, 6) is 0. The number of fused-ring (bicyclic) bond motifs is 11. The Morgan fingerprint density at radius 1 is 0.500 bits per heavy atom. The standard InChI is InChI=1S/C65H45N5/c1-65(2)54-29-15-14-28-53(54)62-59(70(56-31-17-11-23-47(56)41-67)50-35-33-43-19-7-9-21-45(43)37-50)39-60-63(64(62)65)61-52-27-13-12-26-51(52)57(38-58(61)68(60)48-24-4-3-5-25-48)69(55-30-16-10-22-46(55)40-66)49-34-32-42-18-6-8-20-44(42)36-49/h3-11,13-25,27-39H,12,26H2,1-2H3. The second-order valence-electron chi connectivity index (χ2n) is 19.0. The van der Waals surface area contributed by atoms with Crippen LogP contribution in [0.3, 0.4) is 0 Å². The molecule has 0 radical (unpaired) electrons. The molecule has 0 aliphatic heterocycles. The van der Waals surface area contributed by atoms with Gasteiger partial charge < -0.3 is 14.4 Å². The Labute approximate surface area is 407 Å². The molecule has 5 heteroatoms. The van der Waals surface area contributed by atoms with Crippen LogP contribution in [0.2, 0.25) is 0 Å². The molecule has 13 rings (SSSR count). The average molecular weight is 896 g/mol. The molecule has 1 heterocycles. The molecule has 0 amide bonds. The van der Waals surface area contributed by atoms with E-state index in [0.717, 1.165) is 85.2 Å². The fourth-order valence-electron chi connectivity index (χ4n) is 11.7. The van der Waals surface area contributed by atoms with Crippen molar-refractivity contribution in [2.45, 2.75) is 32.1 Å². The molecule has 0 bridgehead atoms. The number of rotatable bonds is 7. The Morgan fingerprint density at radius 2 is 1.03 bits per heavy atom. The molecule has 0 atom stereocenters. The van der Waals surface area contributed by atoms with Gasteiger partial charge in [-0.1, -0.05) is 153 Å². The van der Waals surface area contributed by atoms with Crippen LogP contribution >= 0.6 is 0 Å². The Kier molecular flexibility index (Phi) is 9.38. The molecule has 2 aliphatic rings. The van der Waals surface area contributed by atoms with E-state index >= 15 is 0 Å². The van der Waals surface area contributed by atoms with Crippen LogP contribution in [-0.4, -0.2) is 4.57 Å². The van der Waals surface area contributed by atoms with Crippen LogP contribution in [0.15, 0.2) is 206 Å². The minimum absolute atomic E-state index is 0.424. The van der Waals surface area contributed by atoms with E-state index in [0.29, 0.717) is 11.1 Å². The van der Waals surface area contributed by atoms with Crippen LogP contribution < -0.4 is 9.80 Å². The molecule has 0 spiro atoms. The second kappa shape index (κ2) is 16.0. The number of benzene rings is 10. The number of allylic oxidation sites excluding steroid dienone is 1. The maximum Gasteiger partial charge on any atom is 0.101 e. The SMILES string of the molecule is CC1(C)c2ccccc2-c2c(N(c3ccc4ccccc4c3)c3ccccc3C#N)cc3c(c21)c1c2c(c(N(c4ccc5ccccc5c4)c4ccccc4C#N)cc1n3-c1ccccc1)CCC=C2. The van der Waals surface area contributed by atoms with Crippen LogP contribution in [0, 0.1) is 22.7 Å². The van der Waals surface area contributed by atoms with Crippen LogP contribution in [0.1, 0.15) is 53.6 Å². The maximum absolute atomic E-state index is 10.9. The summed E-state index contributed by atoms with van der Waals surface area (Å²) in [6.45, 7) is 4.76. The van der Waals surface area contributed by atoms with E-state index in [2.05, 4.69) is 216 Å². The molecule has 0 saturated heterocycles. The van der Waals surface area contributed by atoms with E-state index < -0.39 is 5.41 Å². The maximum atomic E-state index is 10.9. The first-order valence-corrected chi connectivity index (χ1v) is 24.0. The molecule has 1 aromatic heterocycles. The topological polar surface area (TPSA) is 59.0 Å². The monoisotopic (exact) mass is 895 g/mol. The second-order valence-corrected chi connectivity index (χ2v) is 19.0. The molecule has 2 aliphatic carbocycles. The van der Waals surface area contributed by atoms with E-state index in [9.17, 15) is 10.5 Å². The van der Waals surface area contributed by atoms with Gasteiger partial charge >= 0.3 is 0 Å². The molecule has 330 valence electrons. The van der Waals surface area contributed by atoms with Crippen molar-refractivity contribution in [3.05, 3.63) is 240 Å². The Morgan fingerprint density at radius 3 is 1.67 bits per heavy atom. The van der Waals surface area contributed by atoms with Gasteiger partial charge in [0.2, 0.25) is 0 Å². The number of aromatic nitrogens is 1. The lowest BCUT2D eigenvalue weighted by molar-refractivity contribution is 0.666. The van der Waals surface area contributed by atoms with Crippen molar-refractivity contribution in [1.29, 1.82) is 10.5 Å². The summed E-state index contributed by atoms with van der Waals surface area (Å²) in [7, 11) is 0. The van der Waals surface area contributed by atoms with Crippen molar-refractivity contribution in [3.8, 4) is 29.0 Å². The summed E-state index contributed by atoms with van der Waals surface area (Å²) in [4.78, 5) is 4.65. The van der Waals surface area contributed by atoms with Crippen molar-refractivity contribution in [2.24, 2.45) is 0 Å². The van der Waals surface area contributed by atoms with Crippen molar-refractivity contribution in [1.82, 2.24) is 4.57 Å². The van der Waals surface area contributed by atoms with Gasteiger partial charge in [0.1, 0.15) is 12.1 Å². The molecule has 5 nitrogen and oxygen atoms in total. The zero-order valence-corrected chi connectivity index (χ0v) is 38.9. The lowest BCUT2D eigenvalue weighted by atomic mass is 9.79. The first kappa shape index (κ1) is 41.1. The van der Waals surface area contributed by atoms with Gasteiger partial charge in [0.05, 0.1) is 44.9 Å². The Bertz CT molecular complexity index is 4080. The lowest BCUT2D eigenvalue weighted by Crippen LogP contribution is -2.17. The van der Waals surface area contributed by atoms with Gasteiger partial charge in [-0.3, -0.25) is 0 Å². The molecule has 70 heavy (non-hydrogen) atoms. The number of hydrogen-bond donors (Lipinski definition) is 0. The fourth-order valence-corrected chi connectivity index (χ4v) is 11.7. The Balaban J connectivity index is 1.22. The number of nitrogens with zero attached hydrogens (tertiary/aromatic N) is 5. The highest BCUT2D eigenvalue weighted by atomic mass is 15.2. The predicted molar refractivity (Wildman–Crippen MR) is 290 cm³/mol. The van der Waals surface area contributed by atoms with Crippen LogP contribution in [0.4, 0.5) is 34.1 Å². The normalized spacial score (nSPS) is 13.2. The number of nitriles is 2. The summed E-state index contributed by atoms with van der Waals surface area (Å²) in [5.41, 5.74) is 16.9. The van der Waals surface area contributed by atoms with Gasteiger partial charge in [0.15, 0.2) is 0 Å². The molecule has 11 aromatic rings. The molecule has 10 aromatic carbocycles. The van der Waals surface area contributed by atoms with Gasteiger partial charge in [0.25, 0.3) is 0 Å². The first-order chi connectivity index (χ1) is 34.4. The van der Waals surface area contributed by atoms with Crippen LogP contribution in [0.5, 0.6) is 0 Å². The summed E-state index contributed by atoms with van der Waals surface area (Å²) < 4.78 is 2.46.